The third kappa shape index (κ3) is 3.76. The average Bonchev–Trinajstić information content (AvgIpc) is 2.78. The van der Waals surface area contributed by atoms with Gasteiger partial charge in [0.05, 0.1) is 5.69 Å². The highest BCUT2D eigenvalue weighted by Crippen LogP contribution is 2.19. The first-order chi connectivity index (χ1) is 9.66. The zero-order valence-corrected chi connectivity index (χ0v) is 11.7. The molecule has 0 radical (unpaired) electrons. The maximum atomic E-state index is 11.8. The summed E-state index contributed by atoms with van der Waals surface area (Å²) in [5, 5.41) is 4.22. The molecule has 0 aliphatic heterocycles. The third-order valence-corrected chi connectivity index (χ3v) is 3.42. The Morgan fingerprint density at radius 2 is 2.15 bits per heavy atom. The maximum absolute atomic E-state index is 11.8. The molecule has 0 fully saturated rings. The van der Waals surface area contributed by atoms with Crippen LogP contribution < -0.4 is 11.2 Å². The fourth-order valence-corrected chi connectivity index (χ4v) is 2.26. The molecular weight excluding hydrogens is 272 g/mol. The second-order valence-electron chi connectivity index (χ2n) is 3.96. The van der Waals surface area contributed by atoms with E-state index in [1.807, 2.05) is 36.4 Å². The van der Waals surface area contributed by atoms with E-state index in [-0.39, 0.29) is 5.91 Å². The number of carbonyl (C=O) groups is 1. The van der Waals surface area contributed by atoms with E-state index in [4.69, 9.17) is 5.73 Å². The van der Waals surface area contributed by atoms with Crippen LogP contribution in [0.1, 0.15) is 20.9 Å². The molecule has 1 aromatic carbocycles. The van der Waals surface area contributed by atoms with Crippen LogP contribution in [0.25, 0.3) is 6.08 Å². The SMILES string of the molecule is Cc1nc(N)sc1C(=O)NN=CC=Cc1ccccc1. The highest BCUT2D eigenvalue weighted by Gasteiger charge is 2.12. The smallest absolute Gasteiger partial charge is 0.283 e. The van der Waals surface area contributed by atoms with Gasteiger partial charge in [-0.15, -0.1) is 0 Å². The number of nitrogens with one attached hydrogen (secondary N) is 1. The Hall–Kier alpha value is -2.47. The van der Waals surface area contributed by atoms with E-state index < -0.39 is 0 Å². The molecule has 0 aliphatic rings. The van der Waals surface area contributed by atoms with Gasteiger partial charge in [-0.25, -0.2) is 10.4 Å². The van der Waals surface area contributed by atoms with Gasteiger partial charge in [0.2, 0.25) is 0 Å². The third-order valence-electron chi connectivity index (χ3n) is 2.43. The van der Waals surface area contributed by atoms with E-state index in [0.717, 1.165) is 16.9 Å². The number of aromatic nitrogens is 1. The summed E-state index contributed by atoms with van der Waals surface area (Å²) in [7, 11) is 0. The topological polar surface area (TPSA) is 80.4 Å². The molecule has 0 saturated heterocycles. The Balaban J connectivity index is 1.89. The molecule has 102 valence electrons. The first-order valence-corrected chi connectivity index (χ1v) is 6.76. The fraction of sp³-hybridized carbons (Fsp3) is 0.0714. The number of carbonyl (C=O) groups excluding carboxylic acids is 1. The number of nitrogen functional groups attached to an aromatic ring is 1. The van der Waals surface area contributed by atoms with Crippen molar-refractivity contribution in [2.45, 2.75) is 6.92 Å². The number of hydrogen-bond donors (Lipinski definition) is 2. The first-order valence-electron chi connectivity index (χ1n) is 5.95. The summed E-state index contributed by atoms with van der Waals surface area (Å²) in [6.45, 7) is 1.74. The number of hydrogen-bond acceptors (Lipinski definition) is 5. The molecule has 0 saturated carbocycles. The molecule has 0 atom stereocenters. The van der Waals surface area contributed by atoms with Gasteiger partial charge in [0, 0.05) is 6.21 Å². The quantitative estimate of drug-likeness (QED) is 0.669. The van der Waals surface area contributed by atoms with E-state index in [1.54, 1.807) is 13.0 Å². The molecule has 1 heterocycles. The van der Waals surface area contributed by atoms with Crippen LogP contribution in [0.4, 0.5) is 5.13 Å². The molecule has 6 heteroatoms. The van der Waals surface area contributed by atoms with Crippen LogP contribution in [-0.2, 0) is 0 Å². The van der Waals surface area contributed by atoms with Crippen LogP contribution in [0.3, 0.4) is 0 Å². The van der Waals surface area contributed by atoms with Crippen LogP contribution >= 0.6 is 11.3 Å². The lowest BCUT2D eigenvalue weighted by Crippen LogP contribution is -2.16. The van der Waals surface area contributed by atoms with Crippen molar-refractivity contribution in [2.24, 2.45) is 5.10 Å². The van der Waals surface area contributed by atoms with Crippen LogP contribution in [0, 0.1) is 6.92 Å². The van der Waals surface area contributed by atoms with Gasteiger partial charge in [-0.1, -0.05) is 47.7 Å². The van der Waals surface area contributed by atoms with Crippen LogP contribution in [0.15, 0.2) is 41.5 Å². The van der Waals surface area contributed by atoms with Crippen molar-refractivity contribution >= 4 is 34.7 Å². The van der Waals surface area contributed by atoms with Crippen LogP contribution in [0.2, 0.25) is 0 Å². The summed E-state index contributed by atoms with van der Waals surface area (Å²) in [6, 6.07) is 9.82. The van der Waals surface area contributed by atoms with Crippen molar-refractivity contribution in [1.29, 1.82) is 0 Å². The minimum atomic E-state index is -0.305. The predicted octanol–water partition coefficient (Wildman–Crippen LogP) is 2.46. The minimum Gasteiger partial charge on any atom is -0.375 e. The number of aryl methyl sites for hydroxylation is 1. The van der Waals surface area contributed by atoms with Gasteiger partial charge in [0.15, 0.2) is 5.13 Å². The Kier molecular flexibility index (Phi) is 4.62. The molecule has 1 amide bonds. The zero-order valence-electron chi connectivity index (χ0n) is 10.9. The second-order valence-corrected chi connectivity index (χ2v) is 4.99. The maximum Gasteiger partial charge on any atom is 0.283 e. The monoisotopic (exact) mass is 286 g/mol. The molecule has 0 spiro atoms. The highest BCUT2D eigenvalue weighted by atomic mass is 32.1. The Bertz CT molecular complexity index is 646. The molecule has 20 heavy (non-hydrogen) atoms. The van der Waals surface area contributed by atoms with Crippen LogP contribution in [0.5, 0.6) is 0 Å². The lowest BCUT2D eigenvalue weighted by atomic mass is 10.2. The summed E-state index contributed by atoms with van der Waals surface area (Å²) in [4.78, 5) is 16.2. The molecule has 0 bridgehead atoms. The van der Waals surface area contributed by atoms with Gasteiger partial charge >= 0.3 is 0 Å². The Morgan fingerprint density at radius 1 is 1.40 bits per heavy atom. The van der Waals surface area contributed by atoms with Crippen molar-refractivity contribution < 1.29 is 4.79 Å². The normalized spacial score (nSPS) is 11.2. The number of anilines is 1. The zero-order chi connectivity index (χ0) is 14.4. The number of amides is 1. The van der Waals surface area contributed by atoms with Crippen molar-refractivity contribution in [1.82, 2.24) is 10.4 Å². The number of nitrogens with zero attached hydrogens (tertiary/aromatic N) is 2. The number of benzene rings is 1. The number of allylic oxidation sites excluding steroid dienone is 1. The number of nitrogens with two attached hydrogens (primary N) is 1. The second kappa shape index (κ2) is 6.63. The minimum absolute atomic E-state index is 0.305. The lowest BCUT2D eigenvalue weighted by Gasteiger charge is -1.95. The molecule has 0 aliphatic carbocycles. The molecule has 5 nitrogen and oxygen atoms in total. The highest BCUT2D eigenvalue weighted by molar-refractivity contribution is 7.17. The van der Waals surface area contributed by atoms with Crippen LogP contribution in [-0.4, -0.2) is 17.1 Å². The molecule has 2 rings (SSSR count). The van der Waals surface area contributed by atoms with Crippen molar-refractivity contribution in [3.05, 3.63) is 52.5 Å². The van der Waals surface area contributed by atoms with E-state index in [9.17, 15) is 4.79 Å². The van der Waals surface area contributed by atoms with Gasteiger partial charge < -0.3 is 5.73 Å². The van der Waals surface area contributed by atoms with E-state index >= 15 is 0 Å². The molecule has 1 aromatic heterocycles. The predicted molar refractivity (Wildman–Crippen MR) is 82.7 cm³/mol. The summed E-state index contributed by atoms with van der Waals surface area (Å²) in [5.74, 6) is -0.305. The number of hydrazone groups is 1. The summed E-state index contributed by atoms with van der Waals surface area (Å²) >= 11 is 1.15. The van der Waals surface area contributed by atoms with Gasteiger partial charge in [-0.05, 0) is 18.6 Å². The largest absolute Gasteiger partial charge is 0.375 e. The van der Waals surface area contributed by atoms with E-state index in [1.165, 1.54) is 6.21 Å². The van der Waals surface area contributed by atoms with Crippen molar-refractivity contribution in [3.8, 4) is 0 Å². The molecular formula is C14H14N4OS. The van der Waals surface area contributed by atoms with Gasteiger partial charge in [-0.3, -0.25) is 4.79 Å². The van der Waals surface area contributed by atoms with Gasteiger partial charge in [0.1, 0.15) is 4.88 Å². The summed E-state index contributed by atoms with van der Waals surface area (Å²) < 4.78 is 0. The van der Waals surface area contributed by atoms with E-state index in [2.05, 4.69) is 15.5 Å². The van der Waals surface area contributed by atoms with E-state index in [0.29, 0.717) is 15.7 Å². The standard InChI is InChI=1S/C14H14N4OS/c1-10-12(20-14(15)17-10)13(19)18-16-9-5-8-11-6-3-2-4-7-11/h2-9H,1H3,(H2,15,17)(H,18,19). The number of thiazole rings is 1. The molecule has 2 aromatic rings. The van der Waals surface area contributed by atoms with Gasteiger partial charge in [-0.2, -0.15) is 5.10 Å². The molecule has 3 N–H and O–H groups in total. The van der Waals surface area contributed by atoms with Gasteiger partial charge in [0.25, 0.3) is 5.91 Å². The Labute approximate surface area is 120 Å². The first kappa shape index (κ1) is 14.0. The van der Waals surface area contributed by atoms with Crippen molar-refractivity contribution in [3.63, 3.8) is 0 Å². The number of rotatable bonds is 4. The summed E-state index contributed by atoms with van der Waals surface area (Å²) in [6.07, 6.45) is 5.17. The lowest BCUT2D eigenvalue weighted by molar-refractivity contribution is 0.0958. The summed E-state index contributed by atoms with van der Waals surface area (Å²) in [5.41, 5.74) is 9.65. The molecule has 0 unspecified atom stereocenters. The Morgan fingerprint density at radius 3 is 2.80 bits per heavy atom. The fourth-order valence-electron chi connectivity index (χ4n) is 1.54. The van der Waals surface area contributed by atoms with Crippen molar-refractivity contribution in [2.75, 3.05) is 5.73 Å². The average molecular weight is 286 g/mol.